The Morgan fingerprint density at radius 2 is 2.29 bits per heavy atom. The minimum atomic E-state index is -0.634. The second-order valence-electron chi connectivity index (χ2n) is 4.03. The Kier molecular flexibility index (Phi) is 4.75. The highest BCUT2D eigenvalue weighted by molar-refractivity contribution is 7.98. The van der Waals surface area contributed by atoms with Crippen LogP contribution in [0.1, 0.15) is 13.3 Å². The van der Waals surface area contributed by atoms with Crippen molar-refractivity contribution in [3.05, 3.63) is 0 Å². The van der Waals surface area contributed by atoms with Crippen molar-refractivity contribution in [3.63, 3.8) is 0 Å². The molecule has 0 aromatic rings. The molecule has 1 N–H and O–H groups in total. The molecule has 0 aromatic carbocycles. The summed E-state index contributed by atoms with van der Waals surface area (Å²) >= 11 is 1.85. The topological polar surface area (TPSA) is 40.5 Å². The van der Waals surface area contributed by atoms with Crippen LogP contribution in [0.3, 0.4) is 0 Å². The lowest BCUT2D eigenvalue weighted by Crippen LogP contribution is -2.24. The Balaban J connectivity index is 2.28. The van der Waals surface area contributed by atoms with E-state index < -0.39 is 5.97 Å². The number of nitrogens with zero attached hydrogens (tertiary/aromatic N) is 1. The van der Waals surface area contributed by atoms with Gasteiger partial charge < -0.3 is 10.0 Å². The van der Waals surface area contributed by atoms with Gasteiger partial charge in [0, 0.05) is 13.1 Å². The summed E-state index contributed by atoms with van der Waals surface area (Å²) in [6.45, 7) is 4.78. The van der Waals surface area contributed by atoms with Crippen molar-refractivity contribution in [1.82, 2.24) is 4.90 Å². The molecule has 0 saturated carbocycles. The Labute approximate surface area is 89.9 Å². The quantitative estimate of drug-likeness (QED) is 0.707. The van der Waals surface area contributed by atoms with Gasteiger partial charge in [-0.15, -0.1) is 0 Å². The maximum absolute atomic E-state index is 10.9. The Morgan fingerprint density at radius 1 is 1.57 bits per heavy atom. The van der Waals surface area contributed by atoms with Gasteiger partial charge in [0.05, 0.1) is 5.92 Å². The molecule has 1 rings (SSSR count). The highest BCUT2D eigenvalue weighted by Crippen LogP contribution is 2.23. The number of carbonyl (C=O) groups is 1. The molecule has 0 spiro atoms. The molecule has 1 saturated heterocycles. The van der Waals surface area contributed by atoms with E-state index in [1.165, 1.54) is 12.2 Å². The van der Waals surface area contributed by atoms with Crippen LogP contribution < -0.4 is 0 Å². The monoisotopic (exact) mass is 217 g/mol. The van der Waals surface area contributed by atoms with Crippen LogP contribution in [0, 0.1) is 11.8 Å². The highest BCUT2D eigenvalue weighted by atomic mass is 32.2. The number of carboxylic acid groups (broad SMARTS) is 1. The minimum Gasteiger partial charge on any atom is -0.481 e. The van der Waals surface area contributed by atoms with E-state index in [0.717, 1.165) is 19.6 Å². The lowest BCUT2D eigenvalue weighted by atomic mass is 9.99. The molecule has 1 heterocycles. The number of hydrogen-bond donors (Lipinski definition) is 1. The molecular formula is C10H19NO2S. The maximum atomic E-state index is 10.9. The van der Waals surface area contributed by atoms with Crippen molar-refractivity contribution >= 4 is 17.7 Å². The van der Waals surface area contributed by atoms with Gasteiger partial charge in [-0.05, 0) is 30.9 Å². The molecule has 0 aromatic heterocycles. The van der Waals surface area contributed by atoms with E-state index in [4.69, 9.17) is 5.11 Å². The van der Waals surface area contributed by atoms with Crippen molar-refractivity contribution in [2.24, 2.45) is 11.8 Å². The molecule has 4 heteroatoms. The van der Waals surface area contributed by atoms with Crippen LogP contribution in [0.4, 0.5) is 0 Å². The van der Waals surface area contributed by atoms with Gasteiger partial charge in [0.15, 0.2) is 0 Å². The maximum Gasteiger partial charge on any atom is 0.308 e. The SMILES string of the molecule is CSCCCN1CC(C)C(C(=O)O)C1. The van der Waals surface area contributed by atoms with Gasteiger partial charge in [-0.25, -0.2) is 0 Å². The van der Waals surface area contributed by atoms with Crippen LogP contribution in [0.25, 0.3) is 0 Å². The van der Waals surface area contributed by atoms with Crippen molar-refractivity contribution < 1.29 is 9.90 Å². The molecule has 2 atom stereocenters. The van der Waals surface area contributed by atoms with Crippen molar-refractivity contribution in [2.75, 3.05) is 31.6 Å². The molecule has 82 valence electrons. The minimum absolute atomic E-state index is 0.149. The zero-order chi connectivity index (χ0) is 10.6. The van der Waals surface area contributed by atoms with Gasteiger partial charge >= 0.3 is 5.97 Å². The molecule has 1 fully saturated rings. The second-order valence-corrected chi connectivity index (χ2v) is 5.01. The number of hydrogen-bond acceptors (Lipinski definition) is 3. The third kappa shape index (κ3) is 3.17. The van der Waals surface area contributed by atoms with Gasteiger partial charge in [0.1, 0.15) is 0 Å². The number of rotatable bonds is 5. The molecule has 1 aliphatic heterocycles. The fourth-order valence-electron chi connectivity index (χ4n) is 2.00. The van der Waals surface area contributed by atoms with E-state index >= 15 is 0 Å². The predicted octanol–water partition coefficient (Wildman–Crippen LogP) is 1.39. The standard InChI is InChI=1S/C10H19NO2S/c1-8-6-11(4-3-5-14-2)7-9(8)10(12)13/h8-9H,3-7H2,1-2H3,(H,12,13). The Morgan fingerprint density at radius 3 is 2.79 bits per heavy atom. The molecule has 1 aliphatic rings. The molecule has 0 amide bonds. The highest BCUT2D eigenvalue weighted by Gasteiger charge is 2.33. The van der Waals surface area contributed by atoms with E-state index in [1.54, 1.807) is 0 Å². The van der Waals surface area contributed by atoms with E-state index in [2.05, 4.69) is 11.2 Å². The van der Waals surface area contributed by atoms with Crippen molar-refractivity contribution in [1.29, 1.82) is 0 Å². The fourth-order valence-corrected chi connectivity index (χ4v) is 2.42. The second kappa shape index (κ2) is 5.61. The van der Waals surface area contributed by atoms with Gasteiger partial charge in [0.25, 0.3) is 0 Å². The van der Waals surface area contributed by atoms with Crippen LogP contribution >= 0.6 is 11.8 Å². The third-order valence-corrected chi connectivity index (χ3v) is 3.52. The number of aliphatic carboxylic acids is 1. The van der Waals surface area contributed by atoms with E-state index in [-0.39, 0.29) is 5.92 Å². The summed E-state index contributed by atoms with van der Waals surface area (Å²) < 4.78 is 0. The molecular weight excluding hydrogens is 198 g/mol. The van der Waals surface area contributed by atoms with E-state index in [0.29, 0.717) is 5.92 Å². The summed E-state index contributed by atoms with van der Waals surface area (Å²) in [5.74, 6) is 0.693. The first kappa shape index (κ1) is 11.9. The summed E-state index contributed by atoms with van der Waals surface area (Å²) in [7, 11) is 0. The zero-order valence-electron chi connectivity index (χ0n) is 8.90. The number of carboxylic acids is 1. The summed E-state index contributed by atoms with van der Waals surface area (Å²) in [5, 5.41) is 8.94. The first-order chi connectivity index (χ1) is 6.65. The van der Waals surface area contributed by atoms with Gasteiger partial charge in [-0.1, -0.05) is 6.92 Å². The summed E-state index contributed by atoms with van der Waals surface area (Å²) in [4.78, 5) is 13.1. The Hall–Kier alpha value is -0.220. The van der Waals surface area contributed by atoms with Gasteiger partial charge in [-0.3, -0.25) is 4.79 Å². The van der Waals surface area contributed by atoms with Crippen molar-refractivity contribution in [2.45, 2.75) is 13.3 Å². The molecule has 3 nitrogen and oxygen atoms in total. The predicted molar refractivity (Wildman–Crippen MR) is 59.7 cm³/mol. The van der Waals surface area contributed by atoms with Gasteiger partial charge in [-0.2, -0.15) is 11.8 Å². The molecule has 2 unspecified atom stereocenters. The average molecular weight is 217 g/mol. The van der Waals surface area contributed by atoms with E-state index in [9.17, 15) is 4.79 Å². The normalized spacial score (nSPS) is 28.1. The van der Waals surface area contributed by atoms with Crippen LogP contribution in [-0.4, -0.2) is 47.6 Å². The van der Waals surface area contributed by atoms with Gasteiger partial charge in [0.2, 0.25) is 0 Å². The third-order valence-electron chi connectivity index (χ3n) is 2.83. The molecule has 0 radical (unpaired) electrons. The van der Waals surface area contributed by atoms with Crippen LogP contribution in [-0.2, 0) is 4.79 Å². The molecule has 0 aliphatic carbocycles. The smallest absolute Gasteiger partial charge is 0.308 e. The number of likely N-dealkylation sites (tertiary alicyclic amines) is 1. The van der Waals surface area contributed by atoms with Crippen LogP contribution in [0.5, 0.6) is 0 Å². The van der Waals surface area contributed by atoms with Crippen molar-refractivity contribution in [3.8, 4) is 0 Å². The zero-order valence-corrected chi connectivity index (χ0v) is 9.72. The molecule has 14 heavy (non-hydrogen) atoms. The summed E-state index contributed by atoms with van der Waals surface area (Å²) in [5.41, 5.74) is 0. The fraction of sp³-hybridized carbons (Fsp3) is 0.900. The summed E-state index contributed by atoms with van der Waals surface area (Å²) in [6.07, 6.45) is 3.27. The number of thioether (sulfide) groups is 1. The first-order valence-electron chi connectivity index (χ1n) is 5.09. The average Bonchev–Trinajstić information content (AvgIpc) is 2.47. The largest absolute Gasteiger partial charge is 0.481 e. The lowest BCUT2D eigenvalue weighted by molar-refractivity contribution is -0.142. The Bertz CT molecular complexity index is 199. The van der Waals surface area contributed by atoms with Crippen LogP contribution in [0.15, 0.2) is 0 Å². The first-order valence-corrected chi connectivity index (χ1v) is 6.48. The lowest BCUT2D eigenvalue weighted by Gasteiger charge is -2.14. The van der Waals surface area contributed by atoms with Crippen LogP contribution in [0.2, 0.25) is 0 Å². The van der Waals surface area contributed by atoms with E-state index in [1.807, 2.05) is 18.7 Å². The molecule has 0 bridgehead atoms. The summed E-state index contributed by atoms with van der Waals surface area (Å²) in [6, 6.07) is 0.